The molecule has 0 amide bonds. The van der Waals surface area contributed by atoms with Gasteiger partial charge in [0.25, 0.3) is 0 Å². The normalized spacial score (nSPS) is 11.6. The highest BCUT2D eigenvalue weighted by Gasteiger charge is 2.16. The maximum atomic E-state index is 5.15. The minimum atomic E-state index is 0.715. The Morgan fingerprint density at radius 1 is 0.291 bits per heavy atom. The maximum absolute atomic E-state index is 5.15. The fraction of sp³-hybridized carbons (Fsp3) is 0. The fourth-order valence-electron chi connectivity index (χ4n) is 8.24. The third-order valence-corrected chi connectivity index (χ3v) is 12.0. The lowest BCUT2D eigenvalue weighted by Crippen LogP contribution is -1.96. The van der Waals surface area contributed by atoms with Crippen LogP contribution < -0.4 is 0 Å². The van der Waals surface area contributed by atoms with Crippen molar-refractivity contribution in [2.45, 2.75) is 0 Å². The van der Waals surface area contributed by atoms with E-state index in [2.05, 4.69) is 170 Å². The molecule has 2 nitrogen and oxygen atoms in total. The van der Waals surface area contributed by atoms with Crippen molar-refractivity contribution in [2.75, 3.05) is 0 Å². The molecular formula is C52H32N2S. The van der Waals surface area contributed by atoms with Crippen molar-refractivity contribution in [2.24, 2.45) is 0 Å². The Hall–Kier alpha value is -6.94. The van der Waals surface area contributed by atoms with Crippen molar-refractivity contribution < 1.29 is 0 Å². The molecule has 11 rings (SSSR count). The van der Waals surface area contributed by atoms with Crippen LogP contribution in [-0.4, -0.2) is 9.97 Å². The first-order valence-corrected chi connectivity index (χ1v) is 19.5. The summed E-state index contributed by atoms with van der Waals surface area (Å²) in [6.45, 7) is 0. The zero-order valence-electron chi connectivity index (χ0n) is 29.8. The van der Waals surface area contributed by atoms with Crippen LogP contribution in [0.15, 0.2) is 194 Å². The van der Waals surface area contributed by atoms with Gasteiger partial charge in [0, 0.05) is 36.9 Å². The summed E-state index contributed by atoms with van der Waals surface area (Å²) in [6.07, 6.45) is 0. The van der Waals surface area contributed by atoms with Crippen LogP contribution in [0, 0.1) is 0 Å². The van der Waals surface area contributed by atoms with E-state index in [-0.39, 0.29) is 0 Å². The van der Waals surface area contributed by atoms with E-state index in [0.29, 0.717) is 5.82 Å². The van der Waals surface area contributed by atoms with E-state index in [1.807, 2.05) is 35.6 Å². The van der Waals surface area contributed by atoms with Crippen molar-refractivity contribution in [3.8, 4) is 56.2 Å². The summed E-state index contributed by atoms with van der Waals surface area (Å²) in [4.78, 5) is 10.2. The topological polar surface area (TPSA) is 25.8 Å². The molecule has 0 aliphatic heterocycles. The molecule has 3 heteroatoms. The number of fused-ring (bicyclic) bond motifs is 9. The molecule has 0 fully saturated rings. The van der Waals surface area contributed by atoms with Crippen molar-refractivity contribution in [1.82, 2.24) is 9.97 Å². The highest BCUT2D eigenvalue weighted by Crippen LogP contribution is 2.43. The van der Waals surface area contributed by atoms with E-state index in [4.69, 9.17) is 9.97 Å². The monoisotopic (exact) mass is 716 g/mol. The van der Waals surface area contributed by atoms with Crippen LogP contribution >= 0.6 is 11.3 Å². The molecule has 0 unspecified atom stereocenters. The van der Waals surface area contributed by atoms with Gasteiger partial charge in [0.2, 0.25) is 0 Å². The van der Waals surface area contributed by atoms with Gasteiger partial charge in [-0.25, -0.2) is 9.97 Å². The van der Waals surface area contributed by atoms with Crippen LogP contribution in [0.3, 0.4) is 0 Å². The standard InChI is InChI=1S/C52H32N2S/c1-3-13-33(14-4-1)47-32-48(54-52(53-47)34-15-5-2-6-16-34)38-18-11-17-37(29-38)39-22-12-23-44-40-19-7-8-20-41(40)46-30-35(26-28-45(46)51(39)44)36-25-27-43-42-21-9-10-24-49(42)55-50(43)31-36/h1-32H. The second kappa shape index (κ2) is 12.9. The van der Waals surface area contributed by atoms with Crippen LogP contribution in [0.5, 0.6) is 0 Å². The van der Waals surface area contributed by atoms with Crippen molar-refractivity contribution >= 4 is 63.8 Å². The molecule has 0 saturated carbocycles. The van der Waals surface area contributed by atoms with Gasteiger partial charge in [-0.05, 0) is 84.9 Å². The summed E-state index contributed by atoms with van der Waals surface area (Å²) in [5.41, 5.74) is 9.72. The zero-order valence-corrected chi connectivity index (χ0v) is 30.6. The van der Waals surface area contributed by atoms with Gasteiger partial charge in [-0.1, -0.05) is 164 Å². The molecule has 0 bridgehead atoms. The van der Waals surface area contributed by atoms with Gasteiger partial charge in [-0.15, -0.1) is 11.3 Å². The van der Waals surface area contributed by atoms with Gasteiger partial charge in [0.15, 0.2) is 5.82 Å². The van der Waals surface area contributed by atoms with Crippen LogP contribution in [0.4, 0.5) is 0 Å². The number of thiophene rings is 1. The second-order valence-electron chi connectivity index (χ2n) is 14.1. The van der Waals surface area contributed by atoms with Gasteiger partial charge >= 0.3 is 0 Å². The zero-order chi connectivity index (χ0) is 36.3. The Labute approximate surface area is 322 Å². The van der Waals surface area contributed by atoms with Crippen molar-refractivity contribution in [3.05, 3.63) is 194 Å². The highest BCUT2D eigenvalue weighted by molar-refractivity contribution is 7.25. The highest BCUT2D eigenvalue weighted by atomic mass is 32.1. The number of rotatable bonds is 5. The molecule has 0 aliphatic carbocycles. The Balaban J connectivity index is 1.09. The average Bonchev–Trinajstić information content (AvgIpc) is 3.64. The Morgan fingerprint density at radius 2 is 0.836 bits per heavy atom. The molecule has 2 heterocycles. The lowest BCUT2D eigenvalue weighted by atomic mass is 9.88. The first-order chi connectivity index (χ1) is 27.2. The molecule has 0 radical (unpaired) electrons. The van der Waals surface area contributed by atoms with Crippen LogP contribution in [0.1, 0.15) is 0 Å². The number of benzene rings is 9. The largest absolute Gasteiger partial charge is 0.228 e. The van der Waals surface area contributed by atoms with Crippen molar-refractivity contribution in [1.29, 1.82) is 0 Å². The maximum Gasteiger partial charge on any atom is 0.160 e. The molecule has 256 valence electrons. The smallest absolute Gasteiger partial charge is 0.160 e. The summed E-state index contributed by atoms with van der Waals surface area (Å²) in [5.74, 6) is 0.715. The molecule has 0 N–H and O–H groups in total. The van der Waals surface area contributed by atoms with Crippen LogP contribution in [0.2, 0.25) is 0 Å². The number of nitrogens with zero attached hydrogens (tertiary/aromatic N) is 2. The van der Waals surface area contributed by atoms with Crippen LogP contribution in [0.25, 0.3) is 109 Å². The van der Waals surface area contributed by atoms with E-state index >= 15 is 0 Å². The Bertz CT molecular complexity index is 3200. The van der Waals surface area contributed by atoms with E-state index in [1.54, 1.807) is 0 Å². The Morgan fingerprint density at radius 3 is 1.64 bits per heavy atom. The Kier molecular flexibility index (Phi) is 7.39. The van der Waals surface area contributed by atoms with Crippen molar-refractivity contribution in [3.63, 3.8) is 0 Å². The summed E-state index contributed by atoms with van der Waals surface area (Å²) >= 11 is 1.87. The number of hydrogen-bond donors (Lipinski definition) is 0. The summed E-state index contributed by atoms with van der Waals surface area (Å²) < 4.78 is 2.65. The summed E-state index contributed by atoms with van der Waals surface area (Å²) in [6, 6.07) is 69.8. The predicted octanol–water partition coefficient (Wildman–Crippen LogP) is 14.6. The quantitative estimate of drug-likeness (QED) is 0.166. The average molecular weight is 717 g/mol. The molecule has 9 aromatic carbocycles. The first-order valence-electron chi connectivity index (χ1n) is 18.6. The van der Waals surface area contributed by atoms with Crippen LogP contribution in [-0.2, 0) is 0 Å². The number of aromatic nitrogens is 2. The third-order valence-electron chi connectivity index (χ3n) is 10.9. The lowest BCUT2D eigenvalue weighted by Gasteiger charge is -2.16. The molecule has 11 aromatic rings. The van der Waals surface area contributed by atoms with Gasteiger partial charge in [0.1, 0.15) is 0 Å². The number of hydrogen-bond acceptors (Lipinski definition) is 3. The first kappa shape index (κ1) is 31.6. The van der Waals surface area contributed by atoms with E-state index in [1.165, 1.54) is 69.2 Å². The molecule has 0 aliphatic rings. The van der Waals surface area contributed by atoms with Gasteiger partial charge in [0.05, 0.1) is 11.4 Å². The minimum absolute atomic E-state index is 0.715. The van der Waals surface area contributed by atoms with E-state index in [9.17, 15) is 0 Å². The molecule has 0 spiro atoms. The fourth-order valence-corrected chi connectivity index (χ4v) is 9.39. The van der Waals surface area contributed by atoms with Gasteiger partial charge in [-0.2, -0.15) is 0 Å². The molecule has 0 atom stereocenters. The van der Waals surface area contributed by atoms with Gasteiger partial charge < -0.3 is 0 Å². The lowest BCUT2D eigenvalue weighted by molar-refractivity contribution is 1.18. The molecule has 0 saturated heterocycles. The summed E-state index contributed by atoms with van der Waals surface area (Å²) in [7, 11) is 0. The third kappa shape index (κ3) is 5.40. The SMILES string of the molecule is c1ccc(-c2cc(-c3cccc(-c4cccc5c6ccccc6c6cc(-c7ccc8c(c7)sc7ccccc78)ccc6c45)c3)nc(-c3ccccc3)n2)cc1. The molecular weight excluding hydrogens is 685 g/mol. The van der Waals surface area contributed by atoms with E-state index in [0.717, 1.165) is 33.6 Å². The van der Waals surface area contributed by atoms with Gasteiger partial charge in [-0.3, -0.25) is 0 Å². The second-order valence-corrected chi connectivity index (χ2v) is 15.2. The summed E-state index contributed by atoms with van der Waals surface area (Å²) in [5, 5.41) is 10.2. The predicted molar refractivity (Wildman–Crippen MR) is 235 cm³/mol. The minimum Gasteiger partial charge on any atom is -0.228 e. The molecule has 2 aromatic heterocycles. The molecule has 55 heavy (non-hydrogen) atoms. The van der Waals surface area contributed by atoms with E-state index < -0.39 is 0 Å².